The van der Waals surface area contributed by atoms with E-state index < -0.39 is 5.60 Å². The molecular weight excluding hydrogens is 184 g/mol. The van der Waals surface area contributed by atoms with Crippen LogP contribution < -0.4 is 0 Å². The summed E-state index contributed by atoms with van der Waals surface area (Å²) in [5.41, 5.74) is -0.434. The predicted octanol–water partition coefficient (Wildman–Crippen LogP) is 3.37. The molecule has 0 bridgehead atoms. The van der Waals surface area contributed by atoms with Gasteiger partial charge < -0.3 is 5.11 Å². The highest BCUT2D eigenvalue weighted by Gasteiger charge is 2.39. The van der Waals surface area contributed by atoms with E-state index in [0.717, 1.165) is 19.3 Å². The Hall–Kier alpha value is -0.480. The Kier molecular flexibility index (Phi) is 4.67. The molecule has 0 amide bonds. The van der Waals surface area contributed by atoms with Crippen molar-refractivity contribution < 1.29 is 5.11 Å². The fourth-order valence-corrected chi connectivity index (χ4v) is 2.92. The first kappa shape index (κ1) is 12.6. The molecule has 1 rings (SSSR count). The second-order valence-corrected chi connectivity index (χ2v) is 5.13. The molecule has 1 fully saturated rings. The van der Waals surface area contributed by atoms with Gasteiger partial charge in [0.1, 0.15) is 0 Å². The molecule has 1 N–H and O–H groups in total. The fraction of sp³-hybridized carbons (Fsp3) is 0.857. The van der Waals surface area contributed by atoms with Crippen LogP contribution in [0.25, 0.3) is 0 Å². The zero-order valence-corrected chi connectivity index (χ0v) is 10.3. The van der Waals surface area contributed by atoms with Crippen LogP contribution in [0, 0.1) is 23.7 Å². The van der Waals surface area contributed by atoms with E-state index in [1.807, 2.05) is 6.92 Å². The molecule has 0 saturated heterocycles. The van der Waals surface area contributed by atoms with E-state index in [-0.39, 0.29) is 0 Å². The van der Waals surface area contributed by atoms with Crippen LogP contribution in [-0.2, 0) is 0 Å². The zero-order chi connectivity index (χ0) is 11.3. The van der Waals surface area contributed by atoms with Crippen LogP contribution in [0.4, 0.5) is 0 Å². The lowest BCUT2D eigenvalue weighted by Crippen LogP contribution is -2.43. The van der Waals surface area contributed by atoms with Crippen molar-refractivity contribution in [3.63, 3.8) is 0 Å². The van der Waals surface area contributed by atoms with Gasteiger partial charge in [-0.2, -0.15) is 0 Å². The maximum absolute atomic E-state index is 10.7. The number of hydrogen-bond acceptors (Lipinski definition) is 1. The van der Waals surface area contributed by atoms with Crippen molar-refractivity contribution >= 4 is 0 Å². The van der Waals surface area contributed by atoms with Crippen LogP contribution in [0.5, 0.6) is 0 Å². The third-order valence-corrected chi connectivity index (χ3v) is 3.73. The van der Waals surface area contributed by atoms with Gasteiger partial charge in [0.2, 0.25) is 0 Å². The van der Waals surface area contributed by atoms with Gasteiger partial charge in [0, 0.05) is 6.42 Å². The summed E-state index contributed by atoms with van der Waals surface area (Å²) in [6.07, 6.45) is 6.33. The highest BCUT2D eigenvalue weighted by molar-refractivity contribution is 4.99. The maximum atomic E-state index is 10.7. The summed E-state index contributed by atoms with van der Waals surface area (Å²) in [5.74, 6) is 7.04. The average Bonchev–Trinajstić information content (AvgIpc) is 2.18. The Labute approximate surface area is 94.3 Å². The van der Waals surface area contributed by atoms with Crippen LogP contribution >= 0.6 is 0 Å². The topological polar surface area (TPSA) is 20.2 Å². The van der Waals surface area contributed by atoms with E-state index in [9.17, 15) is 5.11 Å². The lowest BCUT2D eigenvalue weighted by molar-refractivity contribution is -0.0708. The molecule has 2 atom stereocenters. The van der Waals surface area contributed by atoms with Gasteiger partial charge in [-0.1, -0.05) is 26.7 Å². The number of rotatable bonds is 3. The van der Waals surface area contributed by atoms with Gasteiger partial charge in [-0.25, -0.2) is 0 Å². The van der Waals surface area contributed by atoms with Crippen molar-refractivity contribution in [2.45, 2.75) is 64.9 Å². The zero-order valence-electron chi connectivity index (χ0n) is 10.3. The van der Waals surface area contributed by atoms with Crippen molar-refractivity contribution in [1.29, 1.82) is 0 Å². The minimum atomic E-state index is -0.434. The predicted molar refractivity (Wildman–Crippen MR) is 64.4 cm³/mol. The molecule has 15 heavy (non-hydrogen) atoms. The lowest BCUT2D eigenvalue weighted by atomic mass is 9.68. The number of hydrogen-bond donors (Lipinski definition) is 1. The summed E-state index contributed by atoms with van der Waals surface area (Å²) in [4.78, 5) is 0. The second-order valence-electron chi connectivity index (χ2n) is 5.13. The second kappa shape index (κ2) is 5.56. The normalized spacial score (nSPS) is 31.1. The molecule has 0 aliphatic heterocycles. The first-order valence-electron chi connectivity index (χ1n) is 6.22. The summed E-state index contributed by atoms with van der Waals surface area (Å²) in [6, 6.07) is 0. The Bertz CT molecular complexity index is 246. The van der Waals surface area contributed by atoms with E-state index in [2.05, 4.69) is 25.7 Å². The molecule has 0 aromatic carbocycles. The molecule has 0 aromatic rings. The molecule has 0 aromatic heterocycles. The summed E-state index contributed by atoms with van der Waals surface area (Å²) >= 11 is 0. The molecule has 1 nitrogen and oxygen atoms in total. The molecule has 86 valence electrons. The Morgan fingerprint density at radius 1 is 1.40 bits per heavy atom. The molecule has 0 radical (unpaired) electrons. The molecule has 1 aliphatic carbocycles. The molecule has 1 saturated carbocycles. The molecule has 2 unspecified atom stereocenters. The van der Waals surface area contributed by atoms with Gasteiger partial charge in [0.25, 0.3) is 0 Å². The van der Waals surface area contributed by atoms with Crippen LogP contribution in [0.2, 0.25) is 0 Å². The Morgan fingerprint density at radius 2 is 2.13 bits per heavy atom. The highest BCUT2D eigenvalue weighted by atomic mass is 16.3. The van der Waals surface area contributed by atoms with Gasteiger partial charge in [-0.15, -0.1) is 11.8 Å². The first-order valence-corrected chi connectivity index (χ1v) is 6.22. The van der Waals surface area contributed by atoms with Gasteiger partial charge in [-0.05, 0) is 38.0 Å². The smallest absolute Gasteiger partial charge is 0.0687 e. The quantitative estimate of drug-likeness (QED) is 0.705. The van der Waals surface area contributed by atoms with Crippen LogP contribution in [0.1, 0.15) is 59.3 Å². The monoisotopic (exact) mass is 208 g/mol. The summed E-state index contributed by atoms with van der Waals surface area (Å²) < 4.78 is 0. The minimum absolute atomic E-state index is 0.434. The first-order chi connectivity index (χ1) is 7.10. The summed E-state index contributed by atoms with van der Waals surface area (Å²) in [5, 5.41) is 10.7. The molecule has 1 heteroatoms. The highest BCUT2D eigenvalue weighted by Crippen LogP contribution is 2.40. The third kappa shape index (κ3) is 3.24. The Morgan fingerprint density at radius 3 is 2.73 bits per heavy atom. The number of aliphatic hydroxyl groups is 1. The molecule has 0 heterocycles. The van der Waals surface area contributed by atoms with Crippen molar-refractivity contribution in [3.8, 4) is 11.8 Å². The minimum Gasteiger partial charge on any atom is -0.390 e. The van der Waals surface area contributed by atoms with Crippen molar-refractivity contribution in [2.75, 3.05) is 0 Å². The van der Waals surface area contributed by atoms with E-state index in [1.165, 1.54) is 19.3 Å². The largest absolute Gasteiger partial charge is 0.390 e. The van der Waals surface area contributed by atoms with Gasteiger partial charge in [-0.3, -0.25) is 0 Å². The van der Waals surface area contributed by atoms with Crippen LogP contribution in [0.3, 0.4) is 0 Å². The Balaban J connectivity index is 2.61. The van der Waals surface area contributed by atoms with E-state index >= 15 is 0 Å². The maximum Gasteiger partial charge on any atom is 0.0687 e. The SMILES string of the molecule is CC#CCCC1(O)CCCCC1C(C)C. The van der Waals surface area contributed by atoms with Crippen LogP contribution in [-0.4, -0.2) is 10.7 Å². The van der Waals surface area contributed by atoms with Crippen LogP contribution in [0.15, 0.2) is 0 Å². The lowest BCUT2D eigenvalue weighted by Gasteiger charge is -2.42. The fourth-order valence-electron chi connectivity index (χ4n) is 2.92. The summed E-state index contributed by atoms with van der Waals surface area (Å²) in [6.45, 7) is 6.32. The molecule has 0 spiro atoms. The summed E-state index contributed by atoms with van der Waals surface area (Å²) in [7, 11) is 0. The van der Waals surface area contributed by atoms with Gasteiger partial charge >= 0.3 is 0 Å². The van der Waals surface area contributed by atoms with E-state index in [1.54, 1.807) is 0 Å². The van der Waals surface area contributed by atoms with Crippen molar-refractivity contribution in [2.24, 2.45) is 11.8 Å². The van der Waals surface area contributed by atoms with E-state index in [4.69, 9.17) is 0 Å². The molecular formula is C14H24O. The van der Waals surface area contributed by atoms with Crippen molar-refractivity contribution in [1.82, 2.24) is 0 Å². The van der Waals surface area contributed by atoms with Gasteiger partial charge in [0.05, 0.1) is 5.60 Å². The average molecular weight is 208 g/mol. The molecule has 1 aliphatic rings. The van der Waals surface area contributed by atoms with Crippen molar-refractivity contribution in [3.05, 3.63) is 0 Å². The third-order valence-electron chi connectivity index (χ3n) is 3.73. The standard InChI is InChI=1S/C14H24O/c1-4-5-7-10-14(15)11-8-6-9-13(14)12(2)3/h12-13,15H,6-11H2,1-3H3. The van der Waals surface area contributed by atoms with Gasteiger partial charge in [0.15, 0.2) is 0 Å². The van der Waals surface area contributed by atoms with E-state index in [0.29, 0.717) is 11.8 Å².